The molecule has 23 heavy (non-hydrogen) atoms. The molecular weight excluding hydrogens is 292 g/mol. The largest absolute Gasteiger partial charge is 0.435 e. The van der Waals surface area contributed by atoms with Gasteiger partial charge in [-0.1, -0.05) is 6.92 Å². The zero-order valence-electron chi connectivity index (χ0n) is 14.1. The summed E-state index contributed by atoms with van der Waals surface area (Å²) in [5, 5.41) is 0. The van der Waals surface area contributed by atoms with E-state index in [4.69, 9.17) is 4.42 Å². The summed E-state index contributed by atoms with van der Waals surface area (Å²) >= 11 is 0. The van der Waals surface area contributed by atoms with Crippen LogP contribution < -0.4 is 0 Å². The van der Waals surface area contributed by atoms with Gasteiger partial charge >= 0.3 is 0 Å². The fourth-order valence-electron chi connectivity index (χ4n) is 3.26. The molecule has 0 bridgehead atoms. The second-order valence-corrected chi connectivity index (χ2v) is 5.96. The van der Waals surface area contributed by atoms with Crippen molar-refractivity contribution in [2.75, 3.05) is 6.54 Å². The monoisotopic (exact) mass is 316 g/mol. The topological polar surface area (TPSA) is 64.2 Å². The van der Waals surface area contributed by atoms with E-state index in [0.717, 1.165) is 38.2 Å². The maximum atomic E-state index is 13.0. The number of rotatable bonds is 4. The van der Waals surface area contributed by atoms with Crippen LogP contribution in [0, 0.1) is 6.92 Å². The highest BCUT2D eigenvalue weighted by molar-refractivity contribution is 5.92. The van der Waals surface area contributed by atoms with Crippen molar-refractivity contribution in [3.05, 3.63) is 35.6 Å². The first-order chi connectivity index (χ1) is 11.2. The van der Waals surface area contributed by atoms with Crippen LogP contribution in [-0.2, 0) is 13.0 Å². The molecule has 3 heterocycles. The van der Waals surface area contributed by atoms with Gasteiger partial charge in [0.1, 0.15) is 5.82 Å². The Morgan fingerprint density at radius 3 is 2.91 bits per heavy atom. The first-order valence-electron chi connectivity index (χ1n) is 8.44. The zero-order chi connectivity index (χ0) is 16.4. The number of imidazole rings is 1. The standard InChI is InChI=1S/C17H24N4O2/c1-4-14-19-12(3)15(23-14)17(22)21-10-7-6-8-13(21)16-18-9-11-20(16)5-2/h9,11,13H,4-8,10H2,1-3H3. The number of amides is 1. The molecule has 0 aromatic carbocycles. The Bertz CT molecular complexity index is 689. The molecule has 2 aromatic heterocycles. The van der Waals surface area contributed by atoms with E-state index in [2.05, 4.69) is 21.5 Å². The lowest BCUT2D eigenvalue weighted by Gasteiger charge is -2.35. The average molecular weight is 316 g/mol. The number of carbonyl (C=O) groups excluding carboxylic acids is 1. The molecule has 3 rings (SSSR count). The van der Waals surface area contributed by atoms with Gasteiger partial charge in [-0.2, -0.15) is 0 Å². The van der Waals surface area contributed by atoms with Crippen LogP contribution in [-0.4, -0.2) is 31.9 Å². The Morgan fingerprint density at radius 2 is 2.22 bits per heavy atom. The van der Waals surface area contributed by atoms with Gasteiger partial charge in [0.15, 0.2) is 5.89 Å². The Kier molecular flexibility index (Phi) is 4.50. The highest BCUT2D eigenvalue weighted by Crippen LogP contribution is 2.32. The van der Waals surface area contributed by atoms with E-state index in [1.165, 1.54) is 0 Å². The highest BCUT2D eigenvalue weighted by Gasteiger charge is 2.33. The molecule has 2 aromatic rings. The van der Waals surface area contributed by atoms with Gasteiger partial charge in [0.05, 0.1) is 11.7 Å². The number of hydrogen-bond donors (Lipinski definition) is 0. The average Bonchev–Trinajstić information content (AvgIpc) is 3.20. The number of piperidine rings is 1. The molecule has 124 valence electrons. The maximum Gasteiger partial charge on any atom is 0.292 e. The normalized spacial score (nSPS) is 18.4. The molecule has 0 saturated carbocycles. The van der Waals surface area contributed by atoms with Crippen molar-refractivity contribution in [3.63, 3.8) is 0 Å². The molecule has 1 amide bonds. The summed E-state index contributed by atoms with van der Waals surface area (Å²) < 4.78 is 7.78. The van der Waals surface area contributed by atoms with E-state index < -0.39 is 0 Å². The third-order valence-corrected chi connectivity index (χ3v) is 4.49. The van der Waals surface area contributed by atoms with Crippen molar-refractivity contribution >= 4 is 5.91 Å². The molecule has 1 aliphatic rings. The third kappa shape index (κ3) is 2.90. The summed E-state index contributed by atoms with van der Waals surface area (Å²) in [4.78, 5) is 23.8. The minimum atomic E-state index is -0.0648. The minimum Gasteiger partial charge on any atom is -0.435 e. The molecular formula is C17H24N4O2. The molecule has 0 N–H and O–H groups in total. The van der Waals surface area contributed by atoms with Crippen LogP contribution in [0.15, 0.2) is 16.8 Å². The summed E-state index contributed by atoms with van der Waals surface area (Å²) in [6, 6.07) is 0.0146. The summed E-state index contributed by atoms with van der Waals surface area (Å²) in [5.74, 6) is 1.90. The smallest absolute Gasteiger partial charge is 0.292 e. The van der Waals surface area contributed by atoms with Crippen LogP contribution >= 0.6 is 0 Å². The second kappa shape index (κ2) is 6.56. The van der Waals surface area contributed by atoms with Crippen LogP contribution in [0.4, 0.5) is 0 Å². The van der Waals surface area contributed by atoms with Gasteiger partial charge in [-0.05, 0) is 33.1 Å². The molecule has 1 aliphatic heterocycles. The summed E-state index contributed by atoms with van der Waals surface area (Å²) in [7, 11) is 0. The molecule has 1 fully saturated rings. The summed E-state index contributed by atoms with van der Waals surface area (Å²) in [6.45, 7) is 7.49. The Hall–Kier alpha value is -2.11. The predicted octanol–water partition coefficient (Wildman–Crippen LogP) is 3.13. The van der Waals surface area contributed by atoms with Gasteiger partial charge in [-0.25, -0.2) is 9.97 Å². The molecule has 1 saturated heterocycles. The van der Waals surface area contributed by atoms with Crippen LogP contribution in [0.3, 0.4) is 0 Å². The third-order valence-electron chi connectivity index (χ3n) is 4.49. The minimum absolute atomic E-state index is 0.0146. The number of carbonyl (C=O) groups is 1. The van der Waals surface area contributed by atoms with E-state index in [0.29, 0.717) is 23.8 Å². The highest BCUT2D eigenvalue weighted by atomic mass is 16.4. The first kappa shape index (κ1) is 15.8. The molecule has 6 nitrogen and oxygen atoms in total. The Morgan fingerprint density at radius 1 is 1.39 bits per heavy atom. The van der Waals surface area contributed by atoms with E-state index in [9.17, 15) is 4.79 Å². The molecule has 0 radical (unpaired) electrons. The van der Waals surface area contributed by atoms with Crippen molar-refractivity contribution in [2.45, 2.75) is 59.0 Å². The van der Waals surface area contributed by atoms with Crippen molar-refractivity contribution in [2.24, 2.45) is 0 Å². The predicted molar refractivity (Wildman–Crippen MR) is 86.1 cm³/mol. The number of nitrogens with zero attached hydrogens (tertiary/aromatic N) is 4. The van der Waals surface area contributed by atoms with Crippen molar-refractivity contribution < 1.29 is 9.21 Å². The van der Waals surface area contributed by atoms with Gasteiger partial charge in [0.25, 0.3) is 5.91 Å². The van der Waals surface area contributed by atoms with Crippen LogP contribution in [0.2, 0.25) is 0 Å². The number of oxazole rings is 1. The number of aryl methyl sites for hydroxylation is 3. The Labute approximate surface area is 136 Å². The van der Waals surface area contributed by atoms with Crippen molar-refractivity contribution in [1.82, 2.24) is 19.4 Å². The van der Waals surface area contributed by atoms with Gasteiger partial charge in [0.2, 0.25) is 5.76 Å². The lowest BCUT2D eigenvalue weighted by molar-refractivity contribution is 0.0560. The molecule has 0 aliphatic carbocycles. The van der Waals surface area contributed by atoms with Crippen molar-refractivity contribution in [3.8, 4) is 0 Å². The molecule has 1 atom stereocenters. The van der Waals surface area contributed by atoms with E-state index in [-0.39, 0.29) is 11.9 Å². The van der Waals surface area contributed by atoms with Gasteiger partial charge < -0.3 is 13.9 Å². The second-order valence-electron chi connectivity index (χ2n) is 5.96. The first-order valence-corrected chi connectivity index (χ1v) is 8.44. The van der Waals surface area contributed by atoms with Gasteiger partial charge in [-0.15, -0.1) is 0 Å². The Balaban J connectivity index is 1.92. The van der Waals surface area contributed by atoms with Crippen LogP contribution in [0.25, 0.3) is 0 Å². The van der Waals surface area contributed by atoms with E-state index in [1.54, 1.807) is 0 Å². The molecule has 1 unspecified atom stereocenters. The SMILES string of the molecule is CCc1nc(C)c(C(=O)N2CCCCC2c2nccn2CC)o1. The molecule has 6 heteroatoms. The van der Waals surface area contributed by atoms with Gasteiger partial charge in [0, 0.05) is 31.9 Å². The zero-order valence-corrected chi connectivity index (χ0v) is 14.1. The van der Waals surface area contributed by atoms with E-state index >= 15 is 0 Å². The van der Waals surface area contributed by atoms with Crippen molar-refractivity contribution in [1.29, 1.82) is 0 Å². The molecule has 0 spiro atoms. The number of aromatic nitrogens is 3. The lowest BCUT2D eigenvalue weighted by Crippen LogP contribution is -2.39. The summed E-state index contributed by atoms with van der Waals surface area (Å²) in [5.41, 5.74) is 0.676. The maximum absolute atomic E-state index is 13.0. The lowest BCUT2D eigenvalue weighted by atomic mass is 10.0. The van der Waals surface area contributed by atoms with E-state index in [1.807, 2.05) is 31.1 Å². The summed E-state index contributed by atoms with van der Waals surface area (Å²) in [6.07, 6.45) is 7.55. The number of likely N-dealkylation sites (tertiary alicyclic amines) is 1. The number of hydrogen-bond acceptors (Lipinski definition) is 4. The van der Waals surface area contributed by atoms with Crippen LogP contribution in [0.1, 0.15) is 67.1 Å². The quantitative estimate of drug-likeness (QED) is 0.869. The fraction of sp³-hybridized carbons (Fsp3) is 0.588. The van der Waals surface area contributed by atoms with Crippen LogP contribution in [0.5, 0.6) is 0 Å². The van der Waals surface area contributed by atoms with Gasteiger partial charge in [-0.3, -0.25) is 4.79 Å². The fourth-order valence-corrected chi connectivity index (χ4v) is 3.26.